The van der Waals surface area contributed by atoms with E-state index in [0.717, 1.165) is 18.4 Å². The third kappa shape index (κ3) is 6.17. The average molecular weight is 458 g/mol. The Morgan fingerprint density at radius 1 is 0.969 bits per heavy atom. The molecule has 0 unspecified atom stereocenters. The van der Waals surface area contributed by atoms with Crippen molar-refractivity contribution in [1.29, 1.82) is 0 Å². The Labute approximate surface area is 190 Å². The highest BCUT2D eigenvalue weighted by Gasteiger charge is 2.28. The molecule has 7 nitrogen and oxygen atoms in total. The van der Waals surface area contributed by atoms with Crippen LogP contribution in [0.4, 0.5) is 5.69 Å². The third-order valence-corrected chi connectivity index (χ3v) is 7.61. The van der Waals surface area contributed by atoms with Crippen molar-refractivity contribution < 1.29 is 18.0 Å². The van der Waals surface area contributed by atoms with Gasteiger partial charge in [0.05, 0.1) is 4.90 Å². The highest BCUT2D eigenvalue weighted by molar-refractivity contribution is 7.89. The molecule has 8 heteroatoms. The maximum Gasteiger partial charge on any atom is 0.251 e. The number of benzene rings is 2. The molecule has 1 aliphatic rings. The quantitative estimate of drug-likeness (QED) is 0.590. The molecule has 1 aliphatic carbocycles. The highest BCUT2D eigenvalue weighted by atomic mass is 32.2. The fourth-order valence-electron chi connectivity index (χ4n) is 3.99. The lowest BCUT2D eigenvalue weighted by Gasteiger charge is -2.34. The van der Waals surface area contributed by atoms with Crippen molar-refractivity contribution in [3.05, 3.63) is 59.7 Å². The van der Waals surface area contributed by atoms with Gasteiger partial charge in [-0.2, -0.15) is 0 Å². The Morgan fingerprint density at radius 3 is 2.25 bits per heavy atom. The van der Waals surface area contributed by atoms with Crippen LogP contribution in [0, 0.1) is 11.8 Å². The van der Waals surface area contributed by atoms with Gasteiger partial charge in [-0.3, -0.25) is 9.59 Å². The van der Waals surface area contributed by atoms with E-state index in [9.17, 15) is 18.0 Å². The predicted molar refractivity (Wildman–Crippen MR) is 125 cm³/mol. The van der Waals surface area contributed by atoms with E-state index in [1.54, 1.807) is 24.3 Å². The van der Waals surface area contributed by atoms with Crippen molar-refractivity contribution in [3.63, 3.8) is 0 Å². The summed E-state index contributed by atoms with van der Waals surface area (Å²) in [5.74, 6) is 0.737. The topological polar surface area (TPSA) is 104 Å². The second kappa shape index (κ2) is 10.3. The smallest absolute Gasteiger partial charge is 0.251 e. The summed E-state index contributed by atoms with van der Waals surface area (Å²) < 4.78 is 27.6. The number of carbonyl (C=O) groups excluding carboxylic acids is 2. The zero-order chi connectivity index (χ0) is 23.3. The van der Waals surface area contributed by atoms with Crippen LogP contribution in [0.3, 0.4) is 0 Å². The number of hydrogen-bond acceptors (Lipinski definition) is 4. The molecule has 0 bridgehead atoms. The third-order valence-electron chi connectivity index (χ3n) is 6.19. The molecular formula is C24H31N3O4S. The van der Waals surface area contributed by atoms with Crippen molar-refractivity contribution in [2.24, 2.45) is 11.8 Å². The first kappa shape index (κ1) is 23.9. The predicted octanol–water partition coefficient (Wildman–Crippen LogP) is 3.68. The molecule has 2 aromatic carbocycles. The molecule has 172 valence electrons. The van der Waals surface area contributed by atoms with Gasteiger partial charge < -0.3 is 10.6 Å². The van der Waals surface area contributed by atoms with Gasteiger partial charge in [0.1, 0.15) is 0 Å². The minimum absolute atomic E-state index is 0.0951. The maximum atomic E-state index is 12.6. The molecule has 2 aromatic rings. The molecule has 2 amide bonds. The molecule has 0 spiro atoms. The maximum absolute atomic E-state index is 12.6. The molecule has 0 radical (unpaired) electrons. The van der Waals surface area contributed by atoms with E-state index in [-0.39, 0.29) is 29.3 Å². The Hall–Kier alpha value is -2.71. The number of anilines is 1. The number of sulfonamides is 1. The van der Waals surface area contributed by atoms with Crippen molar-refractivity contribution in [2.75, 3.05) is 5.32 Å². The fourth-order valence-corrected chi connectivity index (χ4v) is 5.01. The lowest BCUT2D eigenvalue weighted by atomic mass is 9.78. The van der Waals surface area contributed by atoms with Crippen LogP contribution in [0.25, 0.3) is 0 Å². The molecular weight excluding hydrogens is 426 g/mol. The van der Waals surface area contributed by atoms with Crippen molar-refractivity contribution in [2.45, 2.75) is 57.5 Å². The summed E-state index contributed by atoms with van der Waals surface area (Å²) in [5.41, 5.74) is 1.85. The van der Waals surface area contributed by atoms with Gasteiger partial charge in [0.15, 0.2) is 0 Å². The molecule has 3 atom stereocenters. The molecule has 0 aliphatic heterocycles. The lowest BCUT2D eigenvalue weighted by Crippen LogP contribution is -2.43. The van der Waals surface area contributed by atoms with E-state index >= 15 is 0 Å². The van der Waals surface area contributed by atoms with E-state index in [2.05, 4.69) is 29.2 Å². The van der Waals surface area contributed by atoms with Gasteiger partial charge in [-0.25, -0.2) is 13.1 Å². The normalized spacial score (nSPS) is 21.0. The highest BCUT2D eigenvalue weighted by Crippen LogP contribution is 2.29. The number of amides is 2. The van der Waals surface area contributed by atoms with E-state index in [0.29, 0.717) is 23.1 Å². The molecule has 0 aromatic heterocycles. The van der Waals surface area contributed by atoms with E-state index in [4.69, 9.17) is 0 Å². The van der Waals surface area contributed by atoms with Crippen LogP contribution in [0.2, 0.25) is 0 Å². The minimum Gasteiger partial charge on any atom is -0.349 e. The summed E-state index contributed by atoms with van der Waals surface area (Å²) in [7, 11) is -3.70. The molecule has 1 fully saturated rings. The molecule has 1 saturated carbocycles. The van der Waals surface area contributed by atoms with Crippen LogP contribution in [0.1, 0.15) is 56.0 Å². The van der Waals surface area contributed by atoms with Gasteiger partial charge in [-0.15, -0.1) is 0 Å². The van der Waals surface area contributed by atoms with Crippen LogP contribution in [0.15, 0.2) is 53.4 Å². The van der Waals surface area contributed by atoms with Crippen molar-refractivity contribution in [3.8, 4) is 0 Å². The summed E-state index contributed by atoms with van der Waals surface area (Å²) in [6.07, 6.45) is 3.34. The van der Waals surface area contributed by atoms with Crippen LogP contribution in [-0.4, -0.2) is 26.3 Å². The van der Waals surface area contributed by atoms with Crippen molar-refractivity contribution >= 4 is 27.5 Å². The molecule has 32 heavy (non-hydrogen) atoms. The summed E-state index contributed by atoms with van der Waals surface area (Å²) in [5, 5.41) is 5.75. The van der Waals surface area contributed by atoms with Crippen LogP contribution in [-0.2, 0) is 21.4 Å². The Balaban J connectivity index is 1.57. The lowest BCUT2D eigenvalue weighted by molar-refractivity contribution is -0.114. The minimum atomic E-state index is -3.70. The monoisotopic (exact) mass is 457 g/mol. The zero-order valence-corrected chi connectivity index (χ0v) is 19.5. The van der Waals surface area contributed by atoms with Crippen LogP contribution >= 0.6 is 0 Å². The van der Waals surface area contributed by atoms with Gasteiger partial charge in [0, 0.05) is 30.8 Å². The summed E-state index contributed by atoms with van der Waals surface area (Å²) in [4.78, 5) is 23.8. The number of carbonyl (C=O) groups is 2. The van der Waals surface area contributed by atoms with Gasteiger partial charge in [-0.05, 0) is 60.2 Å². The van der Waals surface area contributed by atoms with Gasteiger partial charge in [0.2, 0.25) is 15.9 Å². The largest absolute Gasteiger partial charge is 0.349 e. The Morgan fingerprint density at radius 2 is 1.62 bits per heavy atom. The second-order valence-electron chi connectivity index (χ2n) is 8.57. The number of nitrogens with one attached hydrogen (secondary N) is 3. The fraction of sp³-hybridized carbons (Fsp3) is 0.417. The van der Waals surface area contributed by atoms with E-state index < -0.39 is 10.0 Å². The standard InChI is InChI=1S/C24H31N3O4S/c1-16-5-4-6-23(17(16)2)27-24(29)20-9-7-19(8-10-20)15-25-32(30,31)22-13-11-21(12-14-22)26-18(3)28/h7-14,16-17,23,25H,4-6,15H2,1-3H3,(H,26,28)(H,27,29)/t16-,17-,23-/m1/s1. The average Bonchev–Trinajstić information content (AvgIpc) is 2.76. The molecule has 0 saturated heterocycles. The Bertz CT molecular complexity index is 1050. The first-order chi connectivity index (χ1) is 15.2. The second-order valence-corrected chi connectivity index (χ2v) is 10.3. The molecule has 3 N–H and O–H groups in total. The van der Waals surface area contributed by atoms with E-state index in [1.807, 2.05) is 0 Å². The summed E-state index contributed by atoms with van der Waals surface area (Å²) in [6, 6.07) is 13.1. The number of hydrogen-bond donors (Lipinski definition) is 3. The first-order valence-electron chi connectivity index (χ1n) is 10.9. The number of rotatable bonds is 7. The van der Waals surface area contributed by atoms with Gasteiger partial charge in [0.25, 0.3) is 5.91 Å². The van der Waals surface area contributed by atoms with Gasteiger partial charge in [-0.1, -0.05) is 38.8 Å². The van der Waals surface area contributed by atoms with Gasteiger partial charge >= 0.3 is 0 Å². The summed E-state index contributed by atoms with van der Waals surface area (Å²) >= 11 is 0. The first-order valence-corrected chi connectivity index (χ1v) is 12.4. The van der Waals surface area contributed by atoms with Crippen LogP contribution < -0.4 is 15.4 Å². The SMILES string of the molecule is CC(=O)Nc1ccc(S(=O)(=O)NCc2ccc(C(=O)N[C@@H]3CCC[C@@H](C)[C@H]3C)cc2)cc1. The summed E-state index contributed by atoms with van der Waals surface area (Å²) in [6.45, 7) is 5.92. The van der Waals surface area contributed by atoms with Crippen LogP contribution in [0.5, 0.6) is 0 Å². The molecule has 3 rings (SSSR count). The van der Waals surface area contributed by atoms with Crippen molar-refractivity contribution in [1.82, 2.24) is 10.0 Å². The molecule has 0 heterocycles. The van der Waals surface area contributed by atoms with E-state index in [1.165, 1.54) is 37.6 Å². The zero-order valence-electron chi connectivity index (χ0n) is 18.7. The Kier molecular flexibility index (Phi) is 7.69.